The minimum atomic E-state index is -3.04. The topological polar surface area (TPSA) is 35.5 Å². The van der Waals surface area contributed by atoms with Gasteiger partial charge in [-0.1, -0.05) is 31.6 Å². The standard InChI is InChI=1S/C17H23O3P/c1-4-7-11-14-16(10-5-2)21(18,19-6-3)17-13-9-8-12-15(17)20-14/h5,8-9,12-13H,2,4,6-7,10-11H2,1,3H3. The highest BCUT2D eigenvalue weighted by Crippen LogP contribution is 2.60. The fourth-order valence-corrected chi connectivity index (χ4v) is 5.02. The molecule has 1 aliphatic heterocycles. The van der Waals surface area contributed by atoms with Gasteiger partial charge in [-0.2, -0.15) is 0 Å². The molecule has 114 valence electrons. The lowest BCUT2D eigenvalue weighted by molar-refractivity contribution is 0.333. The summed E-state index contributed by atoms with van der Waals surface area (Å²) in [5, 5.41) is 1.44. The lowest BCUT2D eigenvalue weighted by Crippen LogP contribution is -2.20. The molecule has 4 heteroatoms. The van der Waals surface area contributed by atoms with Crippen LogP contribution < -0.4 is 10.0 Å². The van der Waals surface area contributed by atoms with Gasteiger partial charge in [0.1, 0.15) is 11.5 Å². The van der Waals surface area contributed by atoms with Crippen molar-refractivity contribution in [2.24, 2.45) is 0 Å². The van der Waals surface area contributed by atoms with E-state index in [0.717, 1.165) is 30.3 Å². The van der Waals surface area contributed by atoms with Crippen LogP contribution in [0.3, 0.4) is 0 Å². The third-order valence-corrected chi connectivity index (χ3v) is 6.27. The fraction of sp³-hybridized carbons (Fsp3) is 0.412. The Morgan fingerprint density at radius 3 is 2.76 bits per heavy atom. The summed E-state index contributed by atoms with van der Waals surface area (Å²) in [5.41, 5.74) is 0. The zero-order valence-electron chi connectivity index (χ0n) is 12.8. The van der Waals surface area contributed by atoms with E-state index in [4.69, 9.17) is 9.26 Å². The Balaban J connectivity index is 2.55. The van der Waals surface area contributed by atoms with E-state index in [-0.39, 0.29) is 0 Å². The zero-order valence-corrected chi connectivity index (χ0v) is 13.7. The van der Waals surface area contributed by atoms with Gasteiger partial charge in [-0.15, -0.1) is 6.58 Å². The number of ether oxygens (including phenoxy) is 1. The largest absolute Gasteiger partial charge is 0.460 e. The van der Waals surface area contributed by atoms with Crippen LogP contribution in [0.15, 0.2) is 48.0 Å². The summed E-state index contributed by atoms with van der Waals surface area (Å²) < 4.78 is 25.3. The molecular formula is C17H23O3P. The van der Waals surface area contributed by atoms with Gasteiger partial charge in [0.2, 0.25) is 0 Å². The first kappa shape index (κ1) is 16.1. The highest BCUT2D eigenvalue weighted by molar-refractivity contribution is 7.71. The molecule has 0 saturated heterocycles. The summed E-state index contributed by atoms with van der Waals surface area (Å²) >= 11 is 0. The first-order chi connectivity index (χ1) is 10.2. The second-order valence-electron chi connectivity index (χ2n) is 5.01. The molecule has 1 aromatic carbocycles. The van der Waals surface area contributed by atoms with E-state index in [1.807, 2.05) is 31.2 Å². The van der Waals surface area contributed by atoms with Crippen LogP contribution in [0, 0.1) is 0 Å². The predicted molar refractivity (Wildman–Crippen MR) is 87.3 cm³/mol. The van der Waals surface area contributed by atoms with Crippen molar-refractivity contribution in [2.45, 2.75) is 39.5 Å². The lowest BCUT2D eigenvalue weighted by atomic mass is 10.2. The van der Waals surface area contributed by atoms with Gasteiger partial charge >= 0.3 is 0 Å². The third-order valence-electron chi connectivity index (χ3n) is 3.50. The van der Waals surface area contributed by atoms with Gasteiger partial charge in [0.15, 0.2) is 0 Å². The SMILES string of the molecule is C=CCC1=C(CCCC)Oc2ccccc2P1(=O)OCC. The smallest absolute Gasteiger partial charge is 0.264 e. The van der Waals surface area contributed by atoms with E-state index in [2.05, 4.69) is 13.5 Å². The van der Waals surface area contributed by atoms with Crippen molar-refractivity contribution < 1.29 is 13.8 Å². The van der Waals surface area contributed by atoms with E-state index < -0.39 is 7.37 Å². The van der Waals surface area contributed by atoms with Crippen LogP contribution in [-0.2, 0) is 9.09 Å². The molecule has 0 radical (unpaired) electrons. The molecular weight excluding hydrogens is 283 g/mol. The molecule has 0 spiro atoms. The number of allylic oxidation sites excluding steroid dienone is 3. The molecule has 0 bridgehead atoms. The molecule has 0 aromatic heterocycles. The van der Waals surface area contributed by atoms with Crippen LogP contribution in [0.1, 0.15) is 39.5 Å². The third kappa shape index (κ3) is 3.14. The van der Waals surface area contributed by atoms with Crippen molar-refractivity contribution in [3.05, 3.63) is 48.0 Å². The number of hydrogen-bond acceptors (Lipinski definition) is 3. The number of hydrogen-bond donors (Lipinski definition) is 0. The van der Waals surface area contributed by atoms with Crippen LogP contribution in [0.5, 0.6) is 5.75 Å². The van der Waals surface area contributed by atoms with E-state index >= 15 is 0 Å². The van der Waals surface area contributed by atoms with Crippen LogP contribution >= 0.6 is 7.37 Å². The molecule has 0 aliphatic carbocycles. The van der Waals surface area contributed by atoms with Crippen molar-refractivity contribution in [3.8, 4) is 5.75 Å². The van der Waals surface area contributed by atoms with Crippen molar-refractivity contribution in [1.82, 2.24) is 0 Å². The molecule has 1 heterocycles. The quantitative estimate of drug-likeness (QED) is 0.525. The number of rotatable bonds is 7. The lowest BCUT2D eigenvalue weighted by Gasteiger charge is -2.30. The summed E-state index contributed by atoms with van der Waals surface area (Å²) in [6.45, 7) is 8.20. The average Bonchev–Trinajstić information content (AvgIpc) is 2.49. The van der Waals surface area contributed by atoms with E-state index in [1.165, 1.54) is 0 Å². The van der Waals surface area contributed by atoms with Crippen LogP contribution in [-0.4, -0.2) is 6.61 Å². The normalized spacial score (nSPS) is 20.9. The summed E-state index contributed by atoms with van der Waals surface area (Å²) in [6.07, 6.45) is 5.15. The van der Waals surface area contributed by atoms with Gasteiger partial charge in [0.05, 0.1) is 17.2 Å². The molecule has 1 aromatic rings. The molecule has 1 aliphatic rings. The number of fused-ring (bicyclic) bond motifs is 1. The highest BCUT2D eigenvalue weighted by atomic mass is 31.2. The van der Waals surface area contributed by atoms with Crippen molar-refractivity contribution >= 4 is 12.7 Å². The molecule has 0 fully saturated rings. The number of benzene rings is 1. The summed E-state index contributed by atoms with van der Waals surface area (Å²) in [5.74, 6) is 1.46. The van der Waals surface area contributed by atoms with Gasteiger partial charge in [-0.25, -0.2) is 0 Å². The summed E-state index contributed by atoms with van der Waals surface area (Å²) in [6, 6.07) is 7.46. The Hall–Kier alpha value is -1.31. The Morgan fingerprint density at radius 2 is 2.10 bits per heavy atom. The maximum atomic E-state index is 13.5. The summed E-state index contributed by atoms with van der Waals surface area (Å²) in [7, 11) is -3.04. The van der Waals surface area contributed by atoms with Crippen molar-refractivity contribution in [1.29, 1.82) is 0 Å². The fourth-order valence-electron chi connectivity index (χ4n) is 2.52. The number of unbranched alkanes of at least 4 members (excludes halogenated alkanes) is 1. The van der Waals surface area contributed by atoms with E-state index in [1.54, 1.807) is 6.08 Å². The van der Waals surface area contributed by atoms with Crippen molar-refractivity contribution in [3.63, 3.8) is 0 Å². The Labute approximate surface area is 127 Å². The van der Waals surface area contributed by atoms with Crippen LogP contribution in [0.4, 0.5) is 0 Å². The molecule has 2 rings (SSSR count). The molecule has 1 atom stereocenters. The molecule has 3 nitrogen and oxygen atoms in total. The van der Waals surface area contributed by atoms with E-state index in [0.29, 0.717) is 24.1 Å². The van der Waals surface area contributed by atoms with Gasteiger partial charge in [-0.05, 0) is 31.9 Å². The molecule has 0 amide bonds. The Kier molecular flexibility index (Phi) is 5.44. The zero-order chi connectivity index (χ0) is 15.3. The average molecular weight is 306 g/mol. The maximum absolute atomic E-state index is 13.5. The molecule has 0 saturated carbocycles. The second kappa shape index (κ2) is 7.11. The van der Waals surface area contributed by atoms with Gasteiger partial charge in [0, 0.05) is 6.42 Å². The van der Waals surface area contributed by atoms with Crippen LogP contribution in [0.2, 0.25) is 0 Å². The first-order valence-corrected chi connectivity index (χ1v) is 9.15. The minimum Gasteiger partial charge on any atom is -0.460 e. The minimum absolute atomic E-state index is 0.410. The maximum Gasteiger partial charge on any atom is 0.264 e. The van der Waals surface area contributed by atoms with Gasteiger partial charge in [0.25, 0.3) is 7.37 Å². The second-order valence-corrected chi connectivity index (χ2v) is 7.39. The predicted octanol–water partition coefficient (Wildman–Crippen LogP) is 5.00. The van der Waals surface area contributed by atoms with Gasteiger partial charge in [-0.3, -0.25) is 4.57 Å². The van der Waals surface area contributed by atoms with Gasteiger partial charge < -0.3 is 9.26 Å². The summed E-state index contributed by atoms with van der Waals surface area (Å²) in [4.78, 5) is 0. The molecule has 0 N–H and O–H groups in total. The highest BCUT2D eigenvalue weighted by Gasteiger charge is 2.39. The first-order valence-electron chi connectivity index (χ1n) is 7.52. The van der Waals surface area contributed by atoms with E-state index in [9.17, 15) is 4.57 Å². The number of para-hydroxylation sites is 1. The monoisotopic (exact) mass is 306 g/mol. The Bertz CT molecular complexity index is 589. The van der Waals surface area contributed by atoms with Crippen molar-refractivity contribution in [2.75, 3.05) is 6.61 Å². The Morgan fingerprint density at radius 1 is 1.33 bits per heavy atom. The molecule has 21 heavy (non-hydrogen) atoms. The van der Waals surface area contributed by atoms with Crippen LogP contribution in [0.25, 0.3) is 0 Å². The molecule has 1 unspecified atom stereocenters.